The van der Waals surface area contributed by atoms with Crippen LogP contribution in [0.15, 0.2) is 42.6 Å². The SMILES string of the molecule is Cc1cccc(C)c1Nc1nn(C)c2nc(Nc3ccc4c(c3)CN(C(=O)[C@@H]3CCCN3)CC4)ncc12. The predicted octanol–water partition coefficient (Wildman–Crippen LogP) is 4.10. The summed E-state index contributed by atoms with van der Waals surface area (Å²) in [4.78, 5) is 24.2. The first kappa shape index (κ1) is 23.4. The Morgan fingerprint density at radius 2 is 1.95 bits per heavy atom. The van der Waals surface area contributed by atoms with Gasteiger partial charge in [-0.3, -0.25) is 4.79 Å². The number of rotatable bonds is 5. The monoisotopic (exact) mass is 496 g/mol. The number of para-hydroxylation sites is 1. The van der Waals surface area contributed by atoms with Crippen LogP contribution in [-0.2, 0) is 24.8 Å². The average molecular weight is 497 g/mol. The second-order valence-electron chi connectivity index (χ2n) is 10.1. The van der Waals surface area contributed by atoms with Crippen LogP contribution in [0.2, 0.25) is 0 Å². The molecule has 6 rings (SSSR count). The van der Waals surface area contributed by atoms with Crippen molar-refractivity contribution in [2.75, 3.05) is 23.7 Å². The Morgan fingerprint density at radius 3 is 2.73 bits per heavy atom. The minimum Gasteiger partial charge on any atom is -0.338 e. The predicted molar refractivity (Wildman–Crippen MR) is 145 cm³/mol. The van der Waals surface area contributed by atoms with Crippen LogP contribution in [0.25, 0.3) is 11.0 Å². The van der Waals surface area contributed by atoms with Gasteiger partial charge in [0.25, 0.3) is 0 Å². The molecular weight excluding hydrogens is 464 g/mol. The maximum Gasteiger partial charge on any atom is 0.240 e. The van der Waals surface area contributed by atoms with Crippen LogP contribution in [0.3, 0.4) is 0 Å². The van der Waals surface area contributed by atoms with Crippen LogP contribution in [-0.4, -0.2) is 49.7 Å². The molecule has 2 aliphatic rings. The van der Waals surface area contributed by atoms with E-state index in [1.165, 1.54) is 11.1 Å². The van der Waals surface area contributed by atoms with Crippen LogP contribution in [0.5, 0.6) is 0 Å². The second kappa shape index (κ2) is 9.48. The van der Waals surface area contributed by atoms with Gasteiger partial charge in [-0.1, -0.05) is 24.3 Å². The highest BCUT2D eigenvalue weighted by molar-refractivity contribution is 5.90. The van der Waals surface area contributed by atoms with E-state index in [2.05, 4.69) is 76.3 Å². The number of carbonyl (C=O) groups is 1. The van der Waals surface area contributed by atoms with Gasteiger partial charge in [0, 0.05) is 37.7 Å². The summed E-state index contributed by atoms with van der Waals surface area (Å²) in [5, 5.41) is 15.7. The van der Waals surface area contributed by atoms with Crippen molar-refractivity contribution in [2.24, 2.45) is 7.05 Å². The Bertz CT molecular complexity index is 1470. The molecule has 1 amide bonds. The topological polar surface area (TPSA) is 100 Å². The van der Waals surface area contributed by atoms with E-state index in [1.54, 1.807) is 10.9 Å². The van der Waals surface area contributed by atoms with Gasteiger partial charge in [0.05, 0.1) is 11.4 Å². The number of anilines is 4. The number of benzene rings is 2. The third kappa shape index (κ3) is 4.51. The van der Waals surface area contributed by atoms with E-state index in [4.69, 9.17) is 4.98 Å². The van der Waals surface area contributed by atoms with Crippen molar-refractivity contribution in [3.8, 4) is 0 Å². The van der Waals surface area contributed by atoms with Crippen molar-refractivity contribution in [1.29, 1.82) is 0 Å². The minimum atomic E-state index is -0.0315. The van der Waals surface area contributed by atoms with Crippen LogP contribution >= 0.6 is 0 Å². The fourth-order valence-corrected chi connectivity index (χ4v) is 5.39. The van der Waals surface area contributed by atoms with E-state index in [-0.39, 0.29) is 11.9 Å². The van der Waals surface area contributed by atoms with Gasteiger partial charge in [0.1, 0.15) is 0 Å². The van der Waals surface area contributed by atoms with Crippen LogP contribution in [0, 0.1) is 13.8 Å². The first-order valence-corrected chi connectivity index (χ1v) is 12.9. The summed E-state index contributed by atoms with van der Waals surface area (Å²) >= 11 is 0. The van der Waals surface area contributed by atoms with E-state index < -0.39 is 0 Å². The molecule has 0 unspecified atom stereocenters. The van der Waals surface area contributed by atoms with Crippen molar-refractivity contribution < 1.29 is 4.79 Å². The number of fused-ring (bicyclic) bond motifs is 2. The smallest absolute Gasteiger partial charge is 0.240 e. The quantitative estimate of drug-likeness (QED) is 0.382. The zero-order valence-electron chi connectivity index (χ0n) is 21.5. The van der Waals surface area contributed by atoms with E-state index in [9.17, 15) is 4.79 Å². The third-order valence-electron chi connectivity index (χ3n) is 7.45. The molecule has 37 heavy (non-hydrogen) atoms. The number of hydrogen-bond donors (Lipinski definition) is 3. The molecule has 4 aromatic rings. The molecule has 1 fully saturated rings. The largest absolute Gasteiger partial charge is 0.338 e. The van der Waals surface area contributed by atoms with Gasteiger partial charge in [-0.15, -0.1) is 0 Å². The maximum atomic E-state index is 12.9. The molecule has 4 heterocycles. The Hall–Kier alpha value is -3.98. The molecule has 9 heteroatoms. The summed E-state index contributed by atoms with van der Waals surface area (Å²) in [5.41, 5.74) is 7.47. The molecule has 0 radical (unpaired) electrons. The summed E-state index contributed by atoms with van der Waals surface area (Å²) in [6, 6.07) is 12.5. The van der Waals surface area contributed by atoms with Gasteiger partial charge in [-0.25, -0.2) is 9.67 Å². The zero-order chi connectivity index (χ0) is 25.5. The number of aryl methyl sites for hydroxylation is 3. The molecular formula is C28H32N8O. The average Bonchev–Trinajstić information content (AvgIpc) is 3.54. The van der Waals surface area contributed by atoms with Crippen molar-refractivity contribution in [3.05, 3.63) is 64.8 Å². The van der Waals surface area contributed by atoms with Gasteiger partial charge in [-0.2, -0.15) is 10.1 Å². The fourth-order valence-electron chi connectivity index (χ4n) is 5.39. The highest BCUT2D eigenvalue weighted by Crippen LogP contribution is 2.29. The van der Waals surface area contributed by atoms with E-state index in [1.807, 2.05) is 11.9 Å². The summed E-state index contributed by atoms with van der Waals surface area (Å²) in [6.45, 7) is 6.50. The molecule has 0 saturated carbocycles. The molecule has 9 nitrogen and oxygen atoms in total. The normalized spacial score (nSPS) is 17.2. The fraction of sp³-hybridized carbons (Fsp3) is 0.357. The highest BCUT2D eigenvalue weighted by atomic mass is 16.2. The lowest BCUT2D eigenvalue weighted by molar-refractivity contribution is -0.134. The Balaban J connectivity index is 1.22. The molecule has 190 valence electrons. The van der Waals surface area contributed by atoms with E-state index in [0.29, 0.717) is 12.5 Å². The molecule has 3 N–H and O–H groups in total. The third-order valence-corrected chi connectivity index (χ3v) is 7.45. The second-order valence-corrected chi connectivity index (χ2v) is 10.1. The summed E-state index contributed by atoms with van der Waals surface area (Å²) in [7, 11) is 1.89. The Kier molecular flexibility index (Phi) is 6.00. The number of carbonyl (C=O) groups excluding carboxylic acids is 1. The van der Waals surface area contributed by atoms with Gasteiger partial charge >= 0.3 is 0 Å². The number of nitrogens with one attached hydrogen (secondary N) is 3. The lowest BCUT2D eigenvalue weighted by Gasteiger charge is -2.31. The minimum absolute atomic E-state index is 0.0315. The Labute approximate surface area is 216 Å². The molecule has 1 atom stereocenters. The van der Waals surface area contributed by atoms with Gasteiger partial charge in [0.2, 0.25) is 11.9 Å². The van der Waals surface area contributed by atoms with E-state index in [0.717, 1.165) is 71.7 Å². The molecule has 2 aliphatic heterocycles. The Morgan fingerprint density at radius 1 is 1.11 bits per heavy atom. The van der Waals surface area contributed by atoms with Crippen molar-refractivity contribution in [2.45, 2.75) is 45.7 Å². The molecule has 2 aromatic heterocycles. The van der Waals surface area contributed by atoms with Crippen molar-refractivity contribution >= 4 is 40.1 Å². The maximum absolute atomic E-state index is 12.9. The number of hydrogen-bond acceptors (Lipinski definition) is 7. The summed E-state index contributed by atoms with van der Waals surface area (Å²) < 4.78 is 1.77. The molecule has 1 saturated heterocycles. The molecule has 0 spiro atoms. The van der Waals surface area contributed by atoms with Crippen molar-refractivity contribution in [3.63, 3.8) is 0 Å². The first-order valence-electron chi connectivity index (χ1n) is 12.9. The number of amides is 1. The van der Waals surface area contributed by atoms with Gasteiger partial charge < -0.3 is 20.9 Å². The lowest BCUT2D eigenvalue weighted by atomic mass is 9.98. The van der Waals surface area contributed by atoms with E-state index >= 15 is 0 Å². The standard InChI is InChI=1S/C28H32N8O/c1-17-6-4-7-18(2)24(17)32-25-22-15-30-28(33-26(22)35(3)34-25)31-21-10-9-19-11-13-36(16-20(19)14-21)27(37)23-8-5-12-29-23/h4,6-7,9-10,14-15,23,29H,5,8,11-13,16H2,1-3H3,(H,32,34)(H,30,31,33)/t23-/m0/s1. The lowest BCUT2D eigenvalue weighted by Crippen LogP contribution is -2.45. The molecule has 0 aliphatic carbocycles. The first-order chi connectivity index (χ1) is 18.0. The van der Waals surface area contributed by atoms with Crippen molar-refractivity contribution in [1.82, 2.24) is 30.0 Å². The van der Waals surface area contributed by atoms with Gasteiger partial charge in [0.15, 0.2) is 11.5 Å². The van der Waals surface area contributed by atoms with Crippen LogP contribution in [0.4, 0.5) is 23.1 Å². The number of nitrogens with zero attached hydrogens (tertiary/aromatic N) is 5. The van der Waals surface area contributed by atoms with Crippen LogP contribution < -0.4 is 16.0 Å². The highest BCUT2D eigenvalue weighted by Gasteiger charge is 2.29. The zero-order valence-corrected chi connectivity index (χ0v) is 21.5. The molecule has 0 bridgehead atoms. The van der Waals surface area contributed by atoms with Crippen LogP contribution in [0.1, 0.15) is 35.1 Å². The molecule has 2 aromatic carbocycles. The summed E-state index contributed by atoms with van der Waals surface area (Å²) in [6.07, 6.45) is 4.68. The number of aromatic nitrogens is 4. The van der Waals surface area contributed by atoms with Gasteiger partial charge in [-0.05, 0) is 74.0 Å². The summed E-state index contributed by atoms with van der Waals surface area (Å²) in [5.74, 6) is 1.46.